The van der Waals surface area contributed by atoms with E-state index in [1.807, 2.05) is 13.8 Å². The molecule has 31 heavy (non-hydrogen) atoms. The third kappa shape index (κ3) is 6.44. The summed E-state index contributed by atoms with van der Waals surface area (Å²) in [4.78, 5) is 53.0. The normalized spacial score (nSPS) is 18.3. The van der Waals surface area contributed by atoms with Crippen LogP contribution in [0.5, 0.6) is 0 Å². The highest BCUT2D eigenvalue weighted by Crippen LogP contribution is 2.22. The first-order valence-electron chi connectivity index (χ1n) is 10.5. The largest absolute Gasteiger partial charge is 0.353 e. The number of urea groups is 1. The molecule has 2 heterocycles. The Bertz CT molecular complexity index is 808. The first kappa shape index (κ1) is 23.1. The SMILES string of the molecule is CCC(C)NC(=O)CN1CCN(C(=O)Nc2ccc(CN3C(=O)CSC3=O)cc2)CC1. The third-order valence-corrected chi connectivity index (χ3v) is 6.29. The fourth-order valence-electron chi connectivity index (χ4n) is 3.35. The minimum absolute atomic E-state index is 0.0169. The Kier molecular flexibility index (Phi) is 7.91. The minimum Gasteiger partial charge on any atom is -0.353 e. The van der Waals surface area contributed by atoms with E-state index in [0.717, 1.165) is 23.7 Å². The molecular weight excluding hydrogens is 418 g/mol. The summed E-state index contributed by atoms with van der Waals surface area (Å²) in [6.07, 6.45) is 0.897. The van der Waals surface area contributed by atoms with E-state index < -0.39 is 0 Å². The molecule has 2 aliphatic heterocycles. The zero-order valence-corrected chi connectivity index (χ0v) is 18.7. The Morgan fingerprint density at radius 1 is 1.10 bits per heavy atom. The zero-order chi connectivity index (χ0) is 22.4. The topological polar surface area (TPSA) is 102 Å². The van der Waals surface area contributed by atoms with E-state index in [1.165, 1.54) is 4.90 Å². The van der Waals surface area contributed by atoms with Crippen LogP contribution in [0.1, 0.15) is 25.8 Å². The van der Waals surface area contributed by atoms with Gasteiger partial charge in [-0.2, -0.15) is 0 Å². The van der Waals surface area contributed by atoms with Gasteiger partial charge in [0.2, 0.25) is 11.8 Å². The molecule has 10 heteroatoms. The maximum atomic E-state index is 12.5. The van der Waals surface area contributed by atoms with Crippen LogP contribution in [0.4, 0.5) is 15.3 Å². The van der Waals surface area contributed by atoms with E-state index in [2.05, 4.69) is 15.5 Å². The van der Waals surface area contributed by atoms with Gasteiger partial charge in [-0.15, -0.1) is 0 Å². The number of imide groups is 1. The smallest absolute Gasteiger partial charge is 0.321 e. The van der Waals surface area contributed by atoms with E-state index in [-0.39, 0.29) is 41.4 Å². The molecule has 1 aromatic carbocycles. The molecule has 0 radical (unpaired) electrons. The van der Waals surface area contributed by atoms with Crippen molar-refractivity contribution in [3.63, 3.8) is 0 Å². The molecule has 2 fully saturated rings. The molecule has 2 N–H and O–H groups in total. The zero-order valence-electron chi connectivity index (χ0n) is 17.9. The monoisotopic (exact) mass is 447 g/mol. The minimum atomic E-state index is -0.223. The fourth-order valence-corrected chi connectivity index (χ4v) is 4.07. The van der Waals surface area contributed by atoms with Crippen molar-refractivity contribution in [1.82, 2.24) is 20.0 Å². The Balaban J connectivity index is 1.43. The van der Waals surface area contributed by atoms with Crippen LogP contribution in [-0.2, 0) is 16.1 Å². The molecule has 0 saturated carbocycles. The van der Waals surface area contributed by atoms with Crippen molar-refractivity contribution in [2.45, 2.75) is 32.9 Å². The number of hydrogen-bond acceptors (Lipinski definition) is 6. The van der Waals surface area contributed by atoms with E-state index in [1.54, 1.807) is 29.2 Å². The van der Waals surface area contributed by atoms with Crippen molar-refractivity contribution in [3.05, 3.63) is 29.8 Å². The molecule has 1 atom stereocenters. The summed E-state index contributed by atoms with van der Waals surface area (Å²) in [7, 11) is 0. The number of carbonyl (C=O) groups is 4. The summed E-state index contributed by atoms with van der Waals surface area (Å²) in [5, 5.41) is 5.61. The summed E-state index contributed by atoms with van der Waals surface area (Å²) in [6.45, 7) is 7.01. The van der Waals surface area contributed by atoms with Gasteiger partial charge in [0.05, 0.1) is 18.8 Å². The van der Waals surface area contributed by atoms with Gasteiger partial charge < -0.3 is 15.5 Å². The number of thioether (sulfide) groups is 1. The van der Waals surface area contributed by atoms with Crippen molar-refractivity contribution < 1.29 is 19.2 Å². The average molecular weight is 448 g/mol. The highest BCUT2D eigenvalue weighted by molar-refractivity contribution is 8.14. The number of piperazine rings is 1. The molecule has 168 valence electrons. The van der Waals surface area contributed by atoms with Crippen LogP contribution in [0.25, 0.3) is 0 Å². The van der Waals surface area contributed by atoms with Crippen molar-refractivity contribution in [3.8, 4) is 0 Å². The second-order valence-electron chi connectivity index (χ2n) is 7.80. The van der Waals surface area contributed by atoms with E-state index in [9.17, 15) is 19.2 Å². The van der Waals surface area contributed by atoms with Gasteiger partial charge in [0, 0.05) is 37.9 Å². The van der Waals surface area contributed by atoms with Gasteiger partial charge in [-0.3, -0.25) is 24.2 Å². The van der Waals surface area contributed by atoms with E-state index >= 15 is 0 Å². The van der Waals surface area contributed by atoms with Gasteiger partial charge in [-0.05, 0) is 31.0 Å². The first-order chi connectivity index (χ1) is 14.9. The fraction of sp³-hybridized carbons (Fsp3) is 0.524. The van der Waals surface area contributed by atoms with Gasteiger partial charge in [0.1, 0.15) is 0 Å². The Morgan fingerprint density at radius 3 is 2.35 bits per heavy atom. The van der Waals surface area contributed by atoms with Crippen molar-refractivity contribution in [1.29, 1.82) is 0 Å². The maximum absolute atomic E-state index is 12.5. The predicted molar refractivity (Wildman–Crippen MR) is 120 cm³/mol. The van der Waals surface area contributed by atoms with Gasteiger partial charge in [-0.1, -0.05) is 30.8 Å². The number of benzene rings is 1. The number of amides is 5. The standard InChI is InChI=1S/C21H29N5O4S/c1-3-15(2)22-18(27)13-24-8-10-25(11-9-24)20(29)23-17-6-4-16(5-7-17)12-26-19(28)14-31-21(26)30/h4-7,15H,3,8-14H2,1-2H3,(H,22,27)(H,23,29). The summed E-state index contributed by atoms with van der Waals surface area (Å²) in [6, 6.07) is 7.11. The molecule has 1 unspecified atom stereocenters. The Labute approximate surface area is 186 Å². The van der Waals surface area contributed by atoms with E-state index in [4.69, 9.17) is 0 Å². The van der Waals surface area contributed by atoms with Gasteiger partial charge in [0.15, 0.2) is 0 Å². The molecule has 0 aromatic heterocycles. The number of carbonyl (C=O) groups excluding carboxylic acids is 4. The van der Waals surface area contributed by atoms with Gasteiger partial charge in [0.25, 0.3) is 5.24 Å². The average Bonchev–Trinajstić information content (AvgIpc) is 3.07. The van der Waals surface area contributed by atoms with Crippen LogP contribution in [0, 0.1) is 0 Å². The number of nitrogens with zero attached hydrogens (tertiary/aromatic N) is 3. The highest BCUT2D eigenvalue weighted by Gasteiger charge is 2.29. The molecule has 2 saturated heterocycles. The third-order valence-electron chi connectivity index (χ3n) is 5.43. The van der Waals surface area contributed by atoms with Crippen LogP contribution in [0.2, 0.25) is 0 Å². The second-order valence-corrected chi connectivity index (χ2v) is 8.73. The molecule has 0 aliphatic carbocycles. The van der Waals surface area contributed by atoms with Crippen molar-refractivity contribution in [2.75, 3.05) is 43.8 Å². The number of nitrogens with one attached hydrogen (secondary N) is 2. The second kappa shape index (κ2) is 10.6. The lowest BCUT2D eigenvalue weighted by atomic mass is 10.2. The van der Waals surface area contributed by atoms with Crippen LogP contribution >= 0.6 is 11.8 Å². The maximum Gasteiger partial charge on any atom is 0.321 e. The molecule has 3 rings (SSSR count). The molecule has 9 nitrogen and oxygen atoms in total. The van der Waals surface area contributed by atoms with Crippen LogP contribution in [0.15, 0.2) is 24.3 Å². The van der Waals surface area contributed by atoms with Crippen LogP contribution in [-0.4, -0.2) is 82.3 Å². The lowest BCUT2D eigenvalue weighted by Crippen LogP contribution is -2.52. The van der Waals surface area contributed by atoms with Crippen molar-refractivity contribution in [2.24, 2.45) is 0 Å². The lowest BCUT2D eigenvalue weighted by Gasteiger charge is -2.34. The van der Waals surface area contributed by atoms with Gasteiger partial charge in [-0.25, -0.2) is 4.79 Å². The van der Waals surface area contributed by atoms with Crippen LogP contribution in [0.3, 0.4) is 0 Å². The number of anilines is 1. The predicted octanol–water partition coefficient (Wildman–Crippen LogP) is 1.95. The summed E-state index contributed by atoms with van der Waals surface area (Å²) < 4.78 is 0. The molecule has 5 amide bonds. The number of rotatable bonds is 7. The molecule has 2 aliphatic rings. The number of hydrogen-bond donors (Lipinski definition) is 2. The Morgan fingerprint density at radius 2 is 1.77 bits per heavy atom. The summed E-state index contributed by atoms with van der Waals surface area (Å²) in [5.74, 6) is 0.0371. The molecular formula is C21H29N5O4S. The lowest BCUT2D eigenvalue weighted by molar-refractivity contribution is -0.125. The quantitative estimate of drug-likeness (QED) is 0.662. The van der Waals surface area contributed by atoms with Crippen LogP contribution < -0.4 is 10.6 Å². The first-order valence-corrected chi connectivity index (χ1v) is 11.5. The molecule has 0 bridgehead atoms. The summed E-state index contributed by atoms with van der Waals surface area (Å²) in [5.41, 5.74) is 1.48. The highest BCUT2D eigenvalue weighted by atomic mass is 32.2. The van der Waals surface area contributed by atoms with Crippen molar-refractivity contribution >= 4 is 40.5 Å². The van der Waals surface area contributed by atoms with Gasteiger partial charge >= 0.3 is 6.03 Å². The Hall–Kier alpha value is -2.59. The molecule has 1 aromatic rings. The molecule has 0 spiro atoms. The summed E-state index contributed by atoms with van der Waals surface area (Å²) >= 11 is 1.02. The van der Waals surface area contributed by atoms with E-state index in [0.29, 0.717) is 38.4 Å².